The third kappa shape index (κ3) is 3.49. The molecule has 0 radical (unpaired) electrons. The van der Waals surface area contributed by atoms with Crippen molar-refractivity contribution in [1.29, 1.82) is 0 Å². The lowest BCUT2D eigenvalue weighted by Crippen LogP contribution is -2.22. The zero-order chi connectivity index (χ0) is 10.1. The average Bonchev–Trinajstić information content (AvgIpc) is 1.93. The minimum atomic E-state index is -3.66. The first-order valence-electron chi connectivity index (χ1n) is 3.45. The smallest absolute Gasteiger partial charge is 0.271 e. The maximum absolute atomic E-state index is 10.7. The molecule has 1 aromatic carbocycles. The van der Waals surface area contributed by atoms with E-state index in [1.54, 1.807) is 12.1 Å². The van der Waals surface area contributed by atoms with E-state index in [0.717, 1.165) is 9.13 Å². The van der Waals surface area contributed by atoms with Gasteiger partial charge in [0.15, 0.2) is 0 Å². The monoisotopic (exact) mass is 312 g/mol. The number of rotatable bonds is 2. The summed E-state index contributed by atoms with van der Waals surface area (Å²) in [6, 6.07) is 5.36. The van der Waals surface area contributed by atoms with Crippen molar-refractivity contribution >= 4 is 38.5 Å². The van der Waals surface area contributed by atoms with Gasteiger partial charge in [-0.1, -0.05) is 0 Å². The van der Waals surface area contributed by atoms with Crippen LogP contribution in [-0.2, 0) is 10.2 Å². The molecule has 72 valence electrons. The van der Waals surface area contributed by atoms with Crippen molar-refractivity contribution in [2.24, 2.45) is 5.14 Å². The quantitative estimate of drug-likeness (QED) is 0.806. The van der Waals surface area contributed by atoms with E-state index in [0.29, 0.717) is 5.69 Å². The molecule has 6 heteroatoms. The van der Waals surface area contributed by atoms with Gasteiger partial charge in [-0.2, -0.15) is 8.42 Å². The molecule has 0 aromatic heterocycles. The molecule has 0 heterocycles. The SMILES string of the molecule is Cc1cc(I)ccc1NS(N)(=O)=O. The predicted molar refractivity (Wildman–Crippen MR) is 60.6 cm³/mol. The fourth-order valence-corrected chi connectivity index (χ4v) is 2.08. The molecule has 0 spiro atoms. The standard InChI is InChI=1S/C7H9IN2O2S/c1-5-4-6(8)2-3-7(5)10-13(9,11)12/h2-4,10H,1H3,(H2,9,11,12). The highest BCUT2D eigenvalue weighted by molar-refractivity contribution is 14.1. The van der Waals surface area contributed by atoms with Gasteiger partial charge in [0.25, 0.3) is 10.2 Å². The predicted octanol–water partition coefficient (Wildman–Crippen LogP) is 1.22. The highest BCUT2D eigenvalue weighted by atomic mass is 127. The molecule has 0 aliphatic carbocycles. The maximum atomic E-state index is 10.7. The van der Waals surface area contributed by atoms with Crippen LogP contribution in [0, 0.1) is 10.5 Å². The Morgan fingerprint density at radius 1 is 1.46 bits per heavy atom. The lowest BCUT2D eigenvalue weighted by molar-refractivity contribution is 0.603. The molecule has 13 heavy (non-hydrogen) atoms. The molecule has 1 rings (SSSR count). The summed E-state index contributed by atoms with van der Waals surface area (Å²) in [5.74, 6) is 0. The number of nitrogens with two attached hydrogens (primary N) is 1. The molecule has 0 unspecified atom stereocenters. The van der Waals surface area contributed by atoms with Crippen LogP contribution in [-0.4, -0.2) is 8.42 Å². The number of halogens is 1. The number of hydrogen-bond acceptors (Lipinski definition) is 2. The van der Waals surface area contributed by atoms with Crippen molar-refractivity contribution in [2.75, 3.05) is 4.72 Å². The van der Waals surface area contributed by atoms with E-state index in [1.807, 2.05) is 13.0 Å². The molecule has 0 atom stereocenters. The van der Waals surface area contributed by atoms with Crippen LogP contribution in [0.3, 0.4) is 0 Å². The third-order valence-corrected chi connectivity index (χ3v) is 2.62. The Morgan fingerprint density at radius 2 is 2.08 bits per heavy atom. The van der Waals surface area contributed by atoms with E-state index in [4.69, 9.17) is 5.14 Å². The third-order valence-electron chi connectivity index (χ3n) is 1.44. The maximum Gasteiger partial charge on any atom is 0.296 e. The summed E-state index contributed by atoms with van der Waals surface area (Å²) in [4.78, 5) is 0. The van der Waals surface area contributed by atoms with Crippen LogP contribution < -0.4 is 9.86 Å². The number of anilines is 1. The summed E-state index contributed by atoms with van der Waals surface area (Å²) < 4.78 is 24.7. The van der Waals surface area contributed by atoms with Crippen LogP contribution >= 0.6 is 22.6 Å². The molecule has 1 aromatic rings. The Hall–Kier alpha value is -0.340. The van der Waals surface area contributed by atoms with E-state index in [1.165, 1.54) is 0 Å². The molecule has 0 saturated carbocycles. The Bertz CT molecular complexity index is 417. The van der Waals surface area contributed by atoms with Crippen LogP contribution in [0.25, 0.3) is 0 Å². The minimum Gasteiger partial charge on any atom is -0.271 e. The lowest BCUT2D eigenvalue weighted by atomic mass is 10.2. The normalized spacial score (nSPS) is 11.3. The van der Waals surface area contributed by atoms with Crippen LogP contribution in [0.4, 0.5) is 5.69 Å². The molecular weight excluding hydrogens is 303 g/mol. The van der Waals surface area contributed by atoms with Crippen LogP contribution in [0.2, 0.25) is 0 Å². The largest absolute Gasteiger partial charge is 0.296 e. The fourth-order valence-electron chi connectivity index (χ4n) is 0.895. The van der Waals surface area contributed by atoms with Gasteiger partial charge >= 0.3 is 0 Å². The van der Waals surface area contributed by atoms with Crippen LogP contribution in [0.15, 0.2) is 18.2 Å². The van der Waals surface area contributed by atoms with Gasteiger partial charge in [-0.05, 0) is 53.3 Å². The number of aryl methyl sites for hydroxylation is 1. The van der Waals surface area contributed by atoms with Gasteiger partial charge in [0, 0.05) is 3.57 Å². The molecular formula is C7H9IN2O2S. The second-order valence-electron chi connectivity index (χ2n) is 2.61. The molecule has 4 nitrogen and oxygen atoms in total. The highest BCUT2D eigenvalue weighted by Gasteiger charge is 2.04. The zero-order valence-electron chi connectivity index (χ0n) is 6.91. The summed E-state index contributed by atoms with van der Waals surface area (Å²) in [7, 11) is -3.66. The second kappa shape index (κ2) is 3.81. The minimum absolute atomic E-state index is 0.517. The van der Waals surface area contributed by atoms with Crippen molar-refractivity contribution in [3.63, 3.8) is 0 Å². The molecule has 0 bridgehead atoms. The van der Waals surface area contributed by atoms with Crippen LogP contribution in [0.1, 0.15) is 5.56 Å². The van der Waals surface area contributed by atoms with Crippen molar-refractivity contribution in [2.45, 2.75) is 6.92 Å². The van der Waals surface area contributed by atoms with E-state index < -0.39 is 10.2 Å². The molecule has 0 saturated heterocycles. The Kier molecular flexibility index (Phi) is 3.14. The molecule has 0 aliphatic rings. The Labute approximate surface area is 90.8 Å². The van der Waals surface area contributed by atoms with E-state index >= 15 is 0 Å². The summed E-state index contributed by atoms with van der Waals surface area (Å²) in [5.41, 5.74) is 1.36. The van der Waals surface area contributed by atoms with Gasteiger partial charge in [0.05, 0.1) is 5.69 Å². The number of benzene rings is 1. The summed E-state index contributed by atoms with van der Waals surface area (Å²) in [6.07, 6.45) is 0. The first-order chi connectivity index (χ1) is 5.88. The average molecular weight is 312 g/mol. The Morgan fingerprint density at radius 3 is 2.54 bits per heavy atom. The van der Waals surface area contributed by atoms with Crippen molar-refractivity contribution < 1.29 is 8.42 Å². The van der Waals surface area contributed by atoms with Gasteiger partial charge in [-0.25, -0.2) is 5.14 Å². The Balaban J connectivity index is 3.04. The molecule has 0 amide bonds. The first-order valence-corrected chi connectivity index (χ1v) is 6.08. The van der Waals surface area contributed by atoms with Crippen LogP contribution in [0.5, 0.6) is 0 Å². The number of hydrogen-bond donors (Lipinski definition) is 2. The van der Waals surface area contributed by atoms with Crippen molar-refractivity contribution in [3.8, 4) is 0 Å². The fraction of sp³-hybridized carbons (Fsp3) is 0.143. The van der Waals surface area contributed by atoms with Gasteiger partial charge in [0.2, 0.25) is 0 Å². The number of nitrogens with one attached hydrogen (secondary N) is 1. The second-order valence-corrected chi connectivity index (χ2v) is 5.15. The van der Waals surface area contributed by atoms with Crippen molar-refractivity contribution in [1.82, 2.24) is 0 Å². The van der Waals surface area contributed by atoms with E-state index in [9.17, 15) is 8.42 Å². The summed E-state index contributed by atoms with van der Waals surface area (Å²) in [5, 5.41) is 4.83. The molecule has 0 aliphatic heterocycles. The zero-order valence-corrected chi connectivity index (χ0v) is 9.89. The molecule has 0 fully saturated rings. The topological polar surface area (TPSA) is 72.2 Å². The highest BCUT2D eigenvalue weighted by Crippen LogP contribution is 2.17. The van der Waals surface area contributed by atoms with Crippen molar-refractivity contribution in [3.05, 3.63) is 27.3 Å². The lowest BCUT2D eigenvalue weighted by Gasteiger charge is -2.06. The van der Waals surface area contributed by atoms with Gasteiger partial charge in [-0.15, -0.1) is 0 Å². The van der Waals surface area contributed by atoms with E-state index in [2.05, 4.69) is 27.3 Å². The summed E-state index contributed by atoms with van der Waals surface area (Å²) >= 11 is 2.15. The summed E-state index contributed by atoms with van der Waals surface area (Å²) in [6.45, 7) is 1.82. The van der Waals surface area contributed by atoms with Gasteiger partial charge < -0.3 is 0 Å². The first kappa shape index (κ1) is 10.7. The molecule has 3 N–H and O–H groups in total. The van der Waals surface area contributed by atoms with Gasteiger partial charge in [-0.3, -0.25) is 4.72 Å². The van der Waals surface area contributed by atoms with E-state index in [-0.39, 0.29) is 0 Å². The van der Waals surface area contributed by atoms with Gasteiger partial charge in [0.1, 0.15) is 0 Å².